The summed E-state index contributed by atoms with van der Waals surface area (Å²) in [5.41, 5.74) is 0.693. The first-order chi connectivity index (χ1) is 8.32. The van der Waals surface area contributed by atoms with Crippen molar-refractivity contribution in [2.24, 2.45) is 0 Å². The summed E-state index contributed by atoms with van der Waals surface area (Å²) < 4.78 is 6.34. The van der Waals surface area contributed by atoms with Gasteiger partial charge in [0.05, 0.1) is 10.6 Å². The topological polar surface area (TPSA) is 43.4 Å². The number of carbonyl (C=O) groups excluding carboxylic acids is 2. The Morgan fingerprint density at radius 3 is 2.11 bits per heavy atom. The van der Waals surface area contributed by atoms with Crippen molar-refractivity contribution in [3.8, 4) is 5.75 Å². The fraction of sp³-hybridized carbons (Fsp3) is 0.429. The summed E-state index contributed by atoms with van der Waals surface area (Å²) in [5, 5.41) is 0. The Morgan fingerprint density at radius 1 is 1.17 bits per heavy atom. The maximum atomic E-state index is 11.5. The van der Waals surface area contributed by atoms with Gasteiger partial charge in [-0.05, 0) is 61.3 Å². The second-order valence-electron chi connectivity index (χ2n) is 4.51. The normalized spacial score (nSPS) is 10.8. The molecule has 0 atom stereocenters. The Hall–Kier alpha value is -1.16. The fourth-order valence-electron chi connectivity index (χ4n) is 1.80. The SMILES string of the molecule is CC(=O)C(C(C)=O)c1ccc(OC(C)C)c(Br)c1. The lowest BCUT2D eigenvalue weighted by molar-refractivity contribution is -0.126. The summed E-state index contributed by atoms with van der Waals surface area (Å²) in [6, 6.07) is 5.30. The zero-order valence-corrected chi connectivity index (χ0v) is 12.6. The molecule has 0 unspecified atom stereocenters. The van der Waals surface area contributed by atoms with E-state index in [1.807, 2.05) is 13.8 Å². The van der Waals surface area contributed by atoms with Crippen molar-refractivity contribution in [1.29, 1.82) is 0 Å². The number of ether oxygens (including phenoxy) is 1. The average molecular weight is 313 g/mol. The van der Waals surface area contributed by atoms with Gasteiger partial charge in [0.1, 0.15) is 23.2 Å². The molecule has 0 bridgehead atoms. The maximum absolute atomic E-state index is 11.5. The van der Waals surface area contributed by atoms with Crippen molar-refractivity contribution in [2.45, 2.75) is 39.7 Å². The molecule has 0 N–H and O–H groups in total. The largest absolute Gasteiger partial charge is 0.490 e. The van der Waals surface area contributed by atoms with Gasteiger partial charge in [-0.3, -0.25) is 9.59 Å². The van der Waals surface area contributed by atoms with Crippen LogP contribution < -0.4 is 4.74 Å². The first-order valence-corrected chi connectivity index (χ1v) is 6.59. The van der Waals surface area contributed by atoms with Crippen LogP contribution in [0.2, 0.25) is 0 Å². The van der Waals surface area contributed by atoms with Gasteiger partial charge in [-0.2, -0.15) is 0 Å². The molecular weight excluding hydrogens is 296 g/mol. The lowest BCUT2D eigenvalue weighted by Crippen LogP contribution is -2.17. The highest BCUT2D eigenvalue weighted by molar-refractivity contribution is 9.10. The number of Topliss-reactive ketones (excluding diaryl/α,β-unsaturated/α-hetero) is 2. The van der Waals surface area contributed by atoms with Gasteiger partial charge in [0, 0.05) is 0 Å². The minimum absolute atomic E-state index is 0.0727. The van der Waals surface area contributed by atoms with Crippen LogP contribution in [0.15, 0.2) is 22.7 Å². The predicted octanol–water partition coefficient (Wildman–Crippen LogP) is 3.50. The molecule has 0 aliphatic heterocycles. The first kappa shape index (κ1) is 14.9. The molecule has 0 aliphatic rings. The smallest absolute Gasteiger partial charge is 0.144 e. The summed E-state index contributed by atoms with van der Waals surface area (Å²) in [6.45, 7) is 6.74. The Kier molecular flexibility index (Phi) is 5.08. The molecule has 0 aliphatic carbocycles. The molecule has 98 valence electrons. The number of hydrogen-bond acceptors (Lipinski definition) is 3. The van der Waals surface area contributed by atoms with E-state index in [1.165, 1.54) is 13.8 Å². The number of benzene rings is 1. The molecule has 0 saturated heterocycles. The molecule has 0 aromatic heterocycles. The van der Waals surface area contributed by atoms with Crippen molar-refractivity contribution in [3.05, 3.63) is 28.2 Å². The predicted molar refractivity (Wildman–Crippen MR) is 74.0 cm³/mol. The van der Waals surface area contributed by atoms with Crippen molar-refractivity contribution >= 4 is 27.5 Å². The molecule has 18 heavy (non-hydrogen) atoms. The summed E-state index contributed by atoms with van der Waals surface area (Å²) in [5.74, 6) is -0.271. The van der Waals surface area contributed by atoms with Crippen LogP contribution >= 0.6 is 15.9 Å². The quantitative estimate of drug-likeness (QED) is 0.782. The Bertz CT molecular complexity index is 452. The highest BCUT2D eigenvalue weighted by Crippen LogP contribution is 2.30. The van der Waals surface area contributed by atoms with Crippen LogP contribution in [0.3, 0.4) is 0 Å². The van der Waals surface area contributed by atoms with Crippen LogP contribution in [0.5, 0.6) is 5.75 Å². The molecule has 1 rings (SSSR count). The zero-order valence-electron chi connectivity index (χ0n) is 11.0. The van der Waals surface area contributed by atoms with E-state index >= 15 is 0 Å². The van der Waals surface area contributed by atoms with E-state index in [1.54, 1.807) is 18.2 Å². The van der Waals surface area contributed by atoms with E-state index in [2.05, 4.69) is 15.9 Å². The van der Waals surface area contributed by atoms with Gasteiger partial charge in [0.25, 0.3) is 0 Å². The zero-order chi connectivity index (χ0) is 13.9. The molecule has 0 radical (unpaired) electrons. The van der Waals surface area contributed by atoms with Gasteiger partial charge in [-0.15, -0.1) is 0 Å². The summed E-state index contributed by atoms with van der Waals surface area (Å²) in [7, 11) is 0. The number of hydrogen-bond donors (Lipinski definition) is 0. The summed E-state index contributed by atoms with van der Waals surface area (Å²) in [6.07, 6.45) is 0.0727. The Balaban J connectivity index is 3.09. The van der Waals surface area contributed by atoms with Crippen LogP contribution in [0.25, 0.3) is 0 Å². The molecule has 1 aromatic carbocycles. The molecule has 4 heteroatoms. The van der Waals surface area contributed by atoms with Gasteiger partial charge in [0.2, 0.25) is 0 Å². The molecule has 1 aromatic rings. The number of halogens is 1. The monoisotopic (exact) mass is 312 g/mol. The van der Waals surface area contributed by atoms with Crippen molar-refractivity contribution in [3.63, 3.8) is 0 Å². The molecule has 0 spiro atoms. The average Bonchev–Trinajstić information content (AvgIpc) is 2.20. The summed E-state index contributed by atoms with van der Waals surface area (Å²) in [4.78, 5) is 23.0. The number of carbonyl (C=O) groups is 2. The third kappa shape index (κ3) is 3.67. The van der Waals surface area contributed by atoms with Gasteiger partial charge >= 0.3 is 0 Å². The number of rotatable bonds is 5. The van der Waals surface area contributed by atoms with Crippen molar-refractivity contribution < 1.29 is 14.3 Å². The third-order valence-corrected chi connectivity index (χ3v) is 3.08. The van der Waals surface area contributed by atoms with Gasteiger partial charge in [-0.1, -0.05) is 6.07 Å². The highest BCUT2D eigenvalue weighted by Gasteiger charge is 2.22. The molecular formula is C14H17BrO3. The van der Waals surface area contributed by atoms with E-state index in [0.29, 0.717) is 11.3 Å². The molecule has 0 amide bonds. The third-order valence-electron chi connectivity index (χ3n) is 2.46. The molecule has 0 fully saturated rings. The lowest BCUT2D eigenvalue weighted by atomic mass is 9.92. The van der Waals surface area contributed by atoms with E-state index in [-0.39, 0.29) is 17.7 Å². The molecule has 3 nitrogen and oxygen atoms in total. The van der Waals surface area contributed by atoms with E-state index in [4.69, 9.17) is 4.74 Å². The van der Waals surface area contributed by atoms with Gasteiger partial charge < -0.3 is 4.74 Å². The van der Waals surface area contributed by atoms with Crippen LogP contribution in [0.4, 0.5) is 0 Å². The fourth-order valence-corrected chi connectivity index (χ4v) is 2.29. The second-order valence-corrected chi connectivity index (χ2v) is 5.37. The van der Waals surface area contributed by atoms with Crippen molar-refractivity contribution in [1.82, 2.24) is 0 Å². The highest BCUT2D eigenvalue weighted by atomic mass is 79.9. The minimum atomic E-state index is -0.686. The summed E-state index contributed by atoms with van der Waals surface area (Å²) >= 11 is 3.39. The molecule has 0 heterocycles. The first-order valence-electron chi connectivity index (χ1n) is 5.80. The standard InChI is InChI=1S/C14H17BrO3/c1-8(2)18-13-6-5-11(7-12(13)15)14(9(3)16)10(4)17/h5-8,14H,1-4H3. The van der Waals surface area contributed by atoms with Crippen molar-refractivity contribution in [2.75, 3.05) is 0 Å². The van der Waals surface area contributed by atoms with E-state index in [9.17, 15) is 9.59 Å². The van der Waals surface area contributed by atoms with E-state index < -0.39 is 5.92 Å². The minimum Gasteiger partial charge on any atom is -0.490 e. The second kappa shape index (κ2) is 6.14. The van der Waals surface area contributed by atoms with Crippen LogP contribution in [-0.4, -0.2) is 17.7 Å². The van der Waals surface area contributed by atoms with Crippen LogP contribution in [-0.2, 0) is 9.59 Å². The van der Waals surface area contributed by atoms with Gasteiger partial charge in [0.15, 0.2) is 0 Å². The Morgan fingerprint density at radius 2 is 1.72 bits per heavy atom. The number of ketones is 2. The molecule has 0 saturated carbocycles. The van der Waals surface area contributed by atoms with Crippen LogP contribution in [0, 0.1) is 0 Å². The van der Waals surface area contributed by atoms with Gasteiger partial charge in [-0.25, -0.2) is 0 Å². The van der Waals surface area contributed by atoms with E-state index in [0.717, 1.165) is 4.47 Å². The Labute approximate surface area is 116 Å². The lowest BCUT2D eigenvalue weighted by Gasteiger charge is -2.15. The maximum Gasteiger partial charge on any atom is 0.144 e. The van der Waals surface area contributed by atoms with Crippen LogP contribution in [0.1, 0.15) is 39.2 Å².